The van der Waals surface area contributed by atoms with Gasteiger partial charge in [-0.15, -0.1) is 5.10 Å². The zero-order chi connectivity index (χ0) is 21.3. The average Bonchev–Trinajstić information content (AvgIpc) is 3.06. The number of phenolic OH excluding ortho intramolecular Hbond substituents is 2. The van der Waals surface area contributed by atoms with Gasteiger partial charge in [0.2, 0.25) is 5.91 Å². The molecule has 0 aliphatic heterocycles. The zero-order valence-corrected chi connectivity index (χ0v) is 15.9. The average molecular weight is 402 g/mol. The molecule has 2 aliphatic carbocycles. The van der Waals surface area contributed by atoms with Crippen LogP contribution in [0.15, 0.2) is 66.7 Å². The van der Waals surface area contributed by atoms with Crippen LogP contribution in [0.4, 0.5) is 5.69 Å². The number of benzene rings is 3. The van der Waals surface area contributed by atoms with Crippen molar-refractivity contribution in [2.75, 3.05) is 5.32 Å². The highest BCUT2D eigenvalue weighted by molar-refractivity contribution is 5.91. The number of hydrogen-bond acceptors (Lipinski definition) is 6. The van der Waals surface area contributed by atoms with Crippen molar-refractivity contribution in [1.82, 2.24) is 14.8 Å². The molecule has 2 aliphatic rings. The first-order valence-corrected chi connectivity index (χ1v) is 9.08. The molecule has 0 fully saturated rings. The summed E-state index contributed by atoms with van der Waals surface area (Å²) < 4.78 is 1.29. The molecule has 2 aromatic carbocycles. The van der Waals surface area contributed by atoms with Gasteiger partial charge in [0, 0.05) is 13.0 Å². The van der Waals surface area contributed by atoms with E-state index < -0.39 is 6.01 Å². The third kappa shape index (κ3) is 3.53. The van der Waals surface area contributed by atoms with E-state index in [0.29, 0.717) is 11.4 Å². The second-order valence-electron chi connectivity index (χ2n) is 6.64. The number of nitrogens with zero attached hydrogens (tertiary/aromatic N) is 3. The van der Waals surface area contributed by atoms with E-state index in [-0.39, 0.29) is 28.8 Å². The Balaban J connectivity index is 0.000000305. The molecule has 0 radical (unpaired) electrons. The van der Waals surface area contributed by atoms with Crippen LogP contribution in [0.1, 0.15) is 6.92 Å². The molecule has 0 saturated carbocycles. The number of amides is 1. The number of hydrogen-bond donors (Lipinski definition) is 4. The highest BCUT2D eigenvalue weighted by Gasteiger charge is 2.20. The SMILES string of the molecule is CC(=O)Nc1ccccc1-n1c(O)nnc1-c1ccc(O)cc1O.c1cc2ccc1-2. The van der Waals surface area contributed by atoms with Crippen LogP contribution in [-0.2, 0) is 4.79 Å². The van der Waals surface area contributed by atoms with Crippen molar-refractivity contribution in [3.63, 3.8) is 0 Å². The van der Waals surface area contributed by atoms with E-state index in [9.17, 15) is 20.1 Å². The second kappa shape index (κ2) is 7.59. The van der Waals surface area contributed by atoms with Gasteiger partial charge in [0.1, 0.15) is 11.5 Å². The summed E-state index contributed by atoms with van der Waals surface area (Å²) in [6.45, 7) is 1.37. The molecular weight excluding hydrogens is 384 g/mol. The van der Waals surface area contributed by atoms with Gasteiger partial charge < -0.3 is 20.6 Å². The Kier molecular flexibility index (Phi) is 4.81. The van der Waals surface area contributed by atoms with E-state index >= 15 is 0 Å². The smallest absolute Gasteiger partial charge is 0.319 e. The summed E-state index contributed by atoms with van der Waals surface area (Å²) >= 11 is 0. The molecule has 8 heteroatoms. The Bertz CT molecular complexity index is 1210. The van der Waals surface area contributed by atoms with Gasteiger partial charge >= 0.3 is 6.01 Å². The number of rotatable bonds is 3. The first-order valence-electron chi connectivity index (χ1n) is 9.08. The third-order valence-corrected chi connectivity index (χ3v) is 4.54. The van der Waals surface area contributed by atoms with Gasteiger partial charge in [0.15, 0.2) is 5.82 Å². The fraction of sp³-hybridized carbons (Fsp3) is 0.0455. The largest absolute Gasteiger partial charge is 0.508 e. The maximum absolute atomic E-state index is 11.4. The van der Waals surface area contributed by atoms with Crippen LogP contribution >= 0.6 is 0 Å². The van der Waals surface area contributed by atoms with Crippen LogP contribution in [0.3, 0.4) is 0 Å². The highest BCUT2D eigenvalue weighted by atomic mass is 16.3. The molecule has 5 rings (SSSR count). The summed E-state index contributed by atoms with van der Waals surface area (Å²) in [5.41, 5.74) is 3.99. The molecule has 1 heterocycles. The Morgan fingerprint density at radius 1 is 0.900 bits per heavy atom. The molecule has 1 aromatic heterocycles. The number of aromatic hydroxyl groups is 3. The molecule has 0 saturated heterocycles. The van der Waals surface area contributed by atoms with Crippen LogP contribution in [-0.4, -0.2) is 36.0 Å². The minimum atomic E-state index is -0.407. The van der Waals surface area contributed by atoms with E-state index in [4.69, 9.17) is 0 Å². The van der Waals surface area contributed by atoms with Crippen LogP contribution in [0, 0.1) is 0 Å². The summed E-state index contributed by atoms with van der Waals surface area (Å²) in [6.07, 6.45) is 0. The van der Waals surface area contributed by atoms with Crippen LogP contribution in [0.5, 0.6) is 17.5 Å². The van der Waals surface area contributed by atoms with Crippen molar-refractivity contribution in [2.45, 2.75) is 6.92 Å². The topological polar surface area (TPSA) is 121 Å². The molecule has 1 amide bonds. The van der Waals surface area contributed by atoms with Gasteiger partial charge in [0.05, 0.1) is 16.9 Å². The van der Waals surface area contributed by atoms with Crippen LogP contribution in [0.2, 0.25) is 0 Å². The number of carbonyl (C=O) groups excluding carboxylic acids is 1. The molecule has 0 unspecified atom stereocenters. The maximum atomic E-state index is 11.4. The quantitative estimate of drug-likeness (QED) is 0.365. The van der Waals surface area contributed by atoms with Gasteiger partial charge in [-0.3, -0.25) is 4.79 Å². The van der Waals surface area contributed by atoms with Crippen molar-refractivity contribution in [3.8, 4) is 45.7 Å². The first kappa shape index (κ1) is 19.0. The van der Waals surface area contributed by atoms with Crippen molar-refractivity contribution in [1.29, 1.82) is 0 Å². The summed E-state index contributed by atoms with van der Waals surface area (Å²) in [7, 11) is 0. The number of nitrogens with one attached hydrogen (secondary N) is 1. The molecule has 4 N–H and O–H groups in total. The number of fused-ring (bicyclic) bond motifs is 1. The summed E-state index contributed by atoms with van der Waals surface area (Å²) in [5.74, 6) is -0.447. The highest BCUT2D eigenvalue weighted by Crippen LogP contribution is 2.35. The zero-order valence-electron chi connectivity index (χ0n) is 15.9. The molecule has 150 valence electrons. The van der Waals surface area contributed by atoms with Gasteiger partial charge in [-0.25, -0.2) is 4.57 Å². The van der Waals surface area contributed by atoms with Gasteiger partial charge in [-0.05, 0) is 35.4 Å². The number of anilines is 1. The Labute approximate surface area is 171 Å². The predicted molar refractivity (Wildman–Crippen MR) is 112 cm³/mol. The first-order chi connectivity index (χ1) is 14.4. The van der Waals surface area contributed by atoms with Gasteiger partial charge in [-0.2, -0.15) is 0 Å². The van der Waals surface area contributed by atoms with E-state index in [0.717, 1.165) is 6.07 Å². The molecular formula is C22H18N4O4. The van der Waals surface area contributed by atoms with Crippen LogP contribution in [0.25, 0.3) is 28.2 Å². The fourth-order valence-corrected chi connectivity index (χ4v) is 3.01. The molecule has 0 bridgehead atoms. The molecule has 0 spiro atoms. The lowest BCUT2D eigenvalue weighted by Gasteiger charge is -2.13. The fourth-order valence-electron chi connectivity index (χ4n) is 3.01. The monoisotopic (exact) mass is 402 g/mol. The lowest BCUT2D eigenvalue weighted by atomic mass is 9.95. The molecule has 3 aromatic rings. The minimum absolute atomic E-state index is 0.106. The standard InChI is InChI=1S/C16H14N4O4.C6H4/c1-9(21)17-12-4-2-3-5-13(12)20-15(18-19-16(20)24)11-7-6-10(22)8-14(11)23;1-2-6-4-3-5(1)6/h2-8,22-23H,1H3,(H,17,21)(H,19,24);1-4H. The number of para-hydroxylation sites is 2. The van der Waals surface area contributed by atoms with Crippen molar-refractivity contribution in [3.05, 3.63) is 66.7 Å². The summed E-state index contributed by atoms with van der Waals surface area (Å²) in [4.78, 5) is 11.4. The molecule has 30 heavy (non-hydrogen) atoms. The second-order valence-corrected chi connectivity index (χ2v) is 6.64. The maximum Gasteiger partial charge on any atom is 0.319 e. The van der Waals surface area contributed by atoms with Crippen molar-refractivity contribution < 1.29 is 20.1 Å². The number of carbonyl (C=O) groups is 1. The predicted octanol–water partition coefficient (Wildman–Crippen LogP) is 3.68. The van der Waals surface area contributed by atoms with Crippen molar-refractivity contribution >= 4 is 11.6 Å². The minimum Gasteiger partial charge on any atom is -0.508 e. The lowest BCUT2D eigenvalue weighted by Crippen LogP contribution is -2.09. The Morgan fingerprint density at radius 2 is 1.57 bits per heavy atom. The lowest BCUT2D eigenvalue weighted by molar-refractivity contribution is -0.114. The third-order valence-electron chi connectivity index (χ3n) is 4.54. The number of aromatic nitrogens is 3. The summed E-state index contributed by atoms with van der Waals surface area (Å²) in [5, 5.41) is 39.7. The van der Waals surface area contributed by atoms with Gasteiger partial charge in [-0.1, -0.05) is 41.5 Å². The Morgan fingerprint density at radius 3 is 2.13 bits per heavy atom. The normalized spacial score (nSPS) is 10.7. The molecule has 8 nitrogen and oxygen atoms in total. The van der Waals surface area contributed by atoms with Crippen molar-refractivity contribution in [2.24, 2.45) is 0 Å². The van der Waals surface area contributed by atoms with E-state index in [2.05, 4.69) is 39.8 Å². The van der Waals surface area contributed by atoms with E-state index in [1.807, 2.05) is 0 Å². The summed E-state index contributed by atoms with van der Waals surface area (Å²) in [6, 6.07) is 18.8. The van der Waals surface area contributed by atoms with E-state index in [1.165, 1.54) is 34.8 Å². The Hall–Kier alpha value is -4.33. The van der Waals surface area contributed by atoms with Gasteiger partial charge in [0.25, 0.3) is 0 Å². The number of phenols is 2. The van der Waals surface area contributed by atoms with E-state index in [1.54, 1.807) is 24.3 Å². The van der Waals surface area contributed by atoms with Crippen LogP contribution < -0.4 is 5.32 Å². The molecule has 0 atom stereocenters.